The molecule has 0 aliphatic carbocycles. The lowest BCUT2D eigenvalue weighted by molar-refractivity contribution is -0.158. The number of aliphatic carboxylic acids is 1. The van der Waals surface area contributed by atoms with Crippen molar-refractivity contribution in [1.82, 2.24) is 4.90 Å². The third kappa shape index (κ3) is 3.91. The van der Waals surface area contributed by atoms with Crippen LogP contribution < -0.4 is 0 Å². The van der Waals surface area contributed by atoms with Crippen LogP contribution in [0.4, 0.5) is 0 Å². The molecule has 7 heteroatoms. The molecular weight excluding hydrogens is 329 g/mol. The van der Waals surface area contributed by atoms with Crippen LogP contribution in [0, 0.1) is 0 Å². The number of ether oxygens (including phenoxy) is 2. The fraction of sp³-hybridized carbons (Fsp3) is 0.533. The average Bonchev–Trinajstić information content (AvgIpc) is 2.42. The molecule has 0 aromatic heterocycles. The van der Waals surface area contributed by atoms with Crippen LogP contribution in [-0.4, -0.2) is 55.0 Å². The number of morpholine rings is 1. The second-order valence-corrected chi connectivity index (χ2v) is 6.43. The second-order valence-electron chi connectivity index (χ2n) is 5.62. The number of benzene rings is 1. The summed E-state index contributed by atoms with van der Waals surface area (Å²) in [4.78, 5) is 13.6. The molecule has 1 aromatic rings. The quantitative estimate of drug-likeness (QED) is 0.887. The number of nitrogens with zero attached hydrogens (tertiary/aromatic N) is 1. The molecule has 1 heterocycles. The number of hydrogen-bond donors (Lipinski definition) is 1. The summed E-state index contributed by atoms with van der Waals surface area (Å²) in [5.74, 6) is -0.931. The number of methoxy groups -OCH3 is 1. The van der Waals surface area contributed by atoms with Gasteiger partial charge in [-0.15, -0.1) is 0 Å². The summed E-state index contributed by atoms with van der Waals surface area (Å²) in [6.07, 6.45) is 0. The van der Waals surface area contributed by atoms with Gasteiger partial charge in [0, 0.05) is 20.2 Å². The zero-order valence-corrected chi connectivity index (χ0v) is 14.0. The lowest BCUT2D eigenvalue weighted by atomic mass is 10.00. The van der Waals surface area contributed by atoms with Gasteiger partial charge in [-0.3, -0.25) is 9.69 Å². The average molecular weight is 348 g/mol. The van der Waals surface area contributed by atoms with E-state index >= 15 is 0 Å². The van der Waals surface area contributed by atoms with Gasteiger partial charge in [-0.05, 0) is 24.6 Å². The first-order valence-electron chi connectivity index (χ1n) is 6.91. The van der Waals surface area contributed by atoms with Crippen molar-refractivity contribution in [3.8, 4) is 0 Å². The number of carbonyl (C=O) groups is 1. The number of hydrogen-bond acceptors (Lipinski definition) is 4. The van der Waals surface area contributed by atoms with Crippen molar-refractivity contribution in [2.45, 2.75) is 18.6 Å². The molecule has 1 aromatic carbocycles. The van der Waals surface area contributed by atoms with Gasteiger partial charge in [0.05, 0.1) is 23.3 Å². The summed E-state index contributed by atoms with van der Waals surface area (Å²) in [5.41, 5.74) is 0.0697. The molecule has 2 rings (SSSR count). The summed E-state index contributed by atoms with van der Waals surface area (Å²) in [6.45, 7) is 3.74. The van der Waals surface area contributed by atoms with Crippen molar-refractivity contribution < 1.29 is 19.4 Å². The minimum absolute atomic E-state index is 0.346. The Balaban J connectivity index is 2.27. The lowest BCUT2D eigenvalue weighted by Crippen LogP contribution is -2.54. The van der Waals surface area contributed by atoms with Crippen LogP contribution in [-0.2, 0) is 14.3 Å². The van der Waals surface area contributed by atoms with Gasteiger partial charge in [0.25, 0.3) is 0 Å². The Morgan fingerprint density at radius 3 is 2.82 bits per heavy atom. The standard InChI is InChI=1S/C15H19Cl2NO4/c1-15(9-21-2)8-18(5-6-22-15)13(14(19)20)10-3-4-11(16)12(17)7-10/h3-4,7,13H,5-6,8-9H2,1-2H3,(H,19,20). The highest BCUT2D eigenvalue weighted by Crippen LogP contribution is 2.31. The van der Waals surface area contributed by atoms with Gasteiger partial charge in [-0.2, -0.15) is 0 Å². The minimum atomic E-state index is -0.931. The topological polar surface area (TPSA) is 59.0 Å². The molecule has 1 fully saturated rings. The van der Waals surface area contributed by atoms with E-state index in [0.29, 0.717) is 41.9 Å². The fourth-order valence-corrected chi connectivity index (χ4v) is 3.08. The van der Waals surface area contributed by atoms with E-state index in [4.69, 9.17) is 32.7 Å². The van der Waals surface area contributed by atoms with Gasteiger partial charge in [0.2, 0.25) is 0 Å². The lowest BCUT2D eigenvalue weighted by Gasteiger charge is -2.42. The summed E-state index contributed by atoms with van der Waals surface area (Å²) in [7, 11) is 1.60. The zero-order valence-electron chi connectivity index (χ0n) is 12.5. The molecule has 2 atom stereocenters. The Bertz CT molecular complexity index is 550. The van der Waals surface area contributed by atoms with E-state index in [9.17, 15) is 9.90 Å². The Labute approximate surface area is 139 Å². The molecule has 1 saturated heterocycles. The molecule has 0 radical (unpaired) electrons. The third-order valence-electron chi connectivity index (χ3n) is 3.67. The molecule has 5 nitrogen and oxygen atoms in total. The third-order valence-corrected chi connectivity index (χ3v) is 4.41. The largest absolute Gasteiger partial charge is 0.480 e. The molecule has 2 unspecified atom stereocenters. The number of rotatable bonds is 5. The summed E-state index contributed by atoms with van der Waals surface area (Å²) >= 11 is 11.9. The molecule has 0 amide bonds. The highest BCUT2D eigenvalue weighted by atomic mass is 35.5. The van der Waals surface area contributed by atoms with Gasteiger partial charge in [-0.1, -0.05) is 29.3 Å². The van der Waals surface area contributed by atoms with Gasteiger partial charge in [0.15, 0.2) is 0 Å². The Morgan fingerprint density at radius 2 is 2.23 bits per heavy atom. The van der Waals surface area contributed by atoms with Crippen LogP contribution in [0.5, 0.6) is 0 Å². The first kappa shape index (κ1) is 17.5. The zero-order chi connectivity index (χ0) is 16.3. The van der Waals surface area contributed by atoms with Crippen LogP contribution >= 0.6 is 23.2 Å². The van der Waals surface area contributed by atoms with Crippen molar-refractivity contribution in [3.63, 3.8) is 0 Å². The van der Waals surface area contributed by atoms with Crippen molar-refractivity contribution in [2.75, 3.05) is 33.4 Å². The molecule has 0 bridgehead atoms. The summed E-state index contributed by atoms with van der Waals surface area (Å²) in [6, 6.07) is 4.11. The predicted molar refractivity (Wildman–Crippen MR) is 84.6 cm³/mol. The van der Waals surface area contributed by atoms with Crippen LogP contribution in [0.15, 0.2) is 18.2 Å². The molecule has 1 aliphatic heterocycles. The normalized spacial score (nSPS) is 24.2. The van der Waals surface area contributed by atoms with Crippen molar-refractivity contribution in [1.29, 1.82) is 0 Å². The smallest absolute Gasteiger partial charge is 0.325 e. The van der Waals surface area contributed by atoms with Crippen molar-refractivity contribution in [3.05, 3.63) is 33.8 Å². The van der Waals surface area contributed by atoms with Crippen molar-refractivity contribution in [2.24, 2.45) is 0 Å². The number of carboxylic acids is 1. The maximum absolute atomic E-state index is 11.8. The molecule has 0 spiro atoms. The monoisotopic (exact) mass is 347 g/mol. The Hall–Kier alpha value is -0.850. The van der Waals surface area contributed by atoms with E-state index in [2.05, 4.69) is 0 Å². The molecule has 1 N–H and O–H groups in total. The highest BCUT2D eigenvalue weighted by molar-refractivity contribution is 6.42. The van der Waals surface area contributed by atoms with Gasteiger partial charge in [0.1, 0.15) is 11.6 Å². The van der Waals surface area contributed by atoms with Crippen LogP contribution in [0.3, 0.4) is 0 Å². The van der Waals surface area contributed by atoms with Gasteiger partial charge >= 0.3 is 5.97 Å². The van der Waals surface area contributed by atoms with Crippen LogP contribution in [0.1, 0.15) is 18.5 Å². The van der Waals surface area contributed by atoms with E-state index in [1.165, 1.54) is 0 Å². The molecule has 1 aliphatic rings. The highest BCUT2D eigenvalue weighted by Gasteiger charge is 2.38. The summed E-state index contributed by atoms with van der Waals surface area (Å²) < 4.78 is 10.9. The first-order valence-corrected chi connectivity index (χ1v) is 7.66. The van der Waals surface area contributed by atoms with Gasteiger partial charge < -0.3 is 14.6 Å². The van der Waals surface area contributed by atoms with E-state index in [1.807, 2.05) is 11.8 Å². The Morgan fingerprint density at radius 1 is 1.50 bits per heavy atom. The molecule has 122 valence electrons. The second kappa shape index (κ2) is 7.15. The maximum Gasteiger partial charge on any atom is 0.325 e. The van der Waals surface area contributed by atoms with Crippen molar-refractivity contribution >= 4 is 29.2 Å². The number of halogens is 2. The number of carboxylic acid groups (broad SMARTS) is 1. The van der Waals surface area contributed by atoms with Gasteiger partial charge in [-0.25, -0.2) is 0 Å². The summed E-state index contributed by atoms with van der Waals surface area (Å²) in [5, 5.41) is 10.4. The minimum Gasteiger partial charge on any atom is -0.480 e. The molecule has 0 saturated carbocycles. The van der Waals surface area contributed by atoms with E-state index in [0.717, 1.165) is 0 Å². The molecular formula is C15H19Cl2NO4. The molecule has 22 heavy (non-hydrogen) atoms. The van der Waals surface area contributed by atoms with Crippen LogP contribution in [0.2, 0.25) is 10.0 Å². The van der Waals surface area contributed by atoms with E-state index < -0.39 is 17.6 Å². The van der Waals surface area contributed by atoms with E-state index in [1.54, 1.807) is 25.3 Å². The first-order chi connectivity index (χ1) is 10.4. The maximum atomic E-state index is 11.8. The predicted octanol–water partition coefficient (Wildman–Crippen LogP) is 2.86. The SMILES string of the molecule is COCC1(C)CN(C(C(=O)O)c2ccc(Cl)c(Cl)c2)CCO1. The Kier molecular flexibility index (Phi) is 5.69. The van der Waals surface area contributed by atoms with E-state index in [-0.39, 0.29) is 0 Å². The van der Waals surface area contributed by atoms with Crippen LogP contribution in [0.25, 0.3) is 0 Å². The fourth-order valence-electron chi connectivity index (χ4n) is 2.77.